The van der Waals surface area contributed by atoms with Crippen molar-refractivity contribution in [1.29, 1.82) is 0 Å². The molecule has 0 fully saturated rings. The molecule has 0 radical (unpaired) electrons. The monoisotopic (exact) mass is 391 g/mol. The summed E-state index contributed by atoms with van der Waals surface area (Å²) in [6.45, 7) is 2.00. The number of H-pyrrole nitrogens is 3. The number of nitrogens with one attached hydrogen (secondary N) is 3. The van der Waals surface area contributed by atoms with E-state index in [9.17, 15) is 14.4 Å². The van der Waals surface area contributed by atoms with E-state index >= 15 is 0 Å². The van der Waals surface area contributed by atoms with Gasteiger partial charge in [-0.1, -0.05) is 18.2 Å². The minimum Gasteiger partial charge on any atom is -0.462 e. The average Bonchev–Trinajstić information content (AvgIpc) is 3.34. The number of hydrogen-bond acceptors (Lipinski definition) is 6. The van der Waals surface area contributed by atoms with Crippen LogP contribution in [0.15, 0.2) is 47.8 Å². The number of imidazole rings is 1. The number of carbonyl (C=O) groups excluding carboxylic acids is 2. The van der Waals surface area contributed by atoms with Crippen LogP contribution in [0.1, 0.15) is 33.3 Å². The van der Waals surface area contributed by atoms with Gasteiger partial charge in [-0.05, 0) is 18.6 Å². The lowest BCUT2D eigenvalue weighted by Gasteiger charge is -2.07. The van der Waals surface area contributed by atoms with Gasteiger partial charge >= 0.3 is 11.7 Å². The number of carbonyl (C=O) groups is 2. The molecule has 0 aliphatic carbocycles. The summed E-state index contributed by atoms with van der Waals surface area (Å²) in [6.07, 6.45) is 4.42. The first-order valence-corrected chi connectivity index (χ1v) is 8.96. The first kappa shape index (κ1) is 18.4. The molecule has 4 rings (SSSR count). The Morgan fingerprint density at radius 1 is 1.14 bits per heavy atom. The van der Waals surface area contributed by atoms with Crippen LogP contribution in [0.3, 0.4) is 0 Å². The van der Waals surface area contributed by atoms with Crippen LogP contribution < -0.4 is 5.69 Å². The number of Topliss-reactive ketones (excluding diaryl/α,β-unsaturated/α-hetero) is 1. The predicted octanol–water partition coefficient (Wildman–Crippen LogP) is 2.24. The Balaban J connectivity index is 1.72. The molecule has 1 aromatic carbocycles. The van der Waals surface area contributed by atoms with E-state index in [-0.39, 0.29) is 24.5 Å². The molecule has 0 saturated heterocycles. The zero-order chi connectivity index (χ0) is 20.4. The molecule has 3 aromatic heterocycles. The Kier molecular flexibility index (Phi) is 4.78. The summed E-state index contributed by atoms with van der Waals surface area (Å²) in [7, 11) is 0. The number of ketones is 1. The summed E-state index contributed by atoms with van der Waals surface area (Å²) in [6, 6.07) is 7.29. The lowest BCUT2D eigenvalue weighted by atomic mass is 10.0. The molecule has 0 aliphatic heterocycles. The highest BCUT2D eigenvalue weighted by molar-refractivity contribution is 6.08. The van der Waals surface area contributed by atoms with Crippen molar-refractivity contribution in [3.8, 4) is 11.3 Å². The van der Waals surface area contributed by atoms with Gasteiger partial charge in [-0.3, -0.25) is 4.79 Å². The Labute approximate surface area is 164 Å². The maximum Gasteiger partial charge on any atom is 0.340 e. The Bertz CT molecular complexity index is 1270. The third-order valence-electron chi connectivity index (χ3n) is 4.43. The van der Waals surface area contributed by atoms with E-state index < -0.39 is 11.7 Å². The van der Waals surface area contributed by atoms with Crippen molar-refractivity contribution in [2.45, 2.75) is 13.3 Å². The number of aromatic amines is 3. The molecule has 0 atom stereocenters. The molecule has 9 heteroatoms. The van der Waals surface area contributed by atoms with Gasteiger partial charge in [-0.25, -0.2) is 19.6 Å². The molecule has 29 heavy (non-hydrogen) atoms. The van der Waals surface area contributed by atoms with Gasteiger partial charge in [0.05, 0.1) is 23.3 Å². The number of ether oxygens (including phenoxy) is 1. The number of rotatable bonds is 6. The zero-order valence-corrected chi connectivity index (χ0v) is 15.5. The summed E-state index contributed by atoms with van der Waals surface area (Å²) < 4.78 is 5.12. The van der Waals surface area contributed by atoms with E-state index in [2.05, 4.69) is 24.9 Å². The van der Waals surface area contributed by atoms with E-state index in [0.29, 0.717) is 22.3 Å². The van der Waals surface area contributed by atoms with Crippen LogP contribution in [-0.2, 0) is 11.2 Å². The van der Waals surface area contributed by atoms with Crippen molar-refractivity contribution in [3.05, 3.63) is 70.3 Å². The van der Waals surface area contributed by atoms with Crippen molar-refractivity contribution < 1.29 is 14.3 Å². The lowest BCUT2D eigenvalue weighted by Crippen LogP contribution is -2.07. The standard InChI is InChI=1S/C20H17N5O4/c1-2-29-19(27)13-8-21-18-16(13)17(23-10-24-18)12-5-3-4-11(6-12)7-15(26)14-9-22-20(28)25-14/h3-6,8-10H,2,7H2,1H3,(H,21,23,24)(H2,22,25,28). The van der Waals surface area contributed by atoms with Gasteiger partial charge in [-0.2, -0.15) is 0 Å². The minimum absolute atomic E-state index is 0.105. The van der Waals surface area contributed by atoms with Crippen LogP contribution in [-0.4, -0.2) is 43.3 Å². The van der Waals surface area contributed by atoms with E-state index in [4.69, 9.17) is 4.74 Å². The van der Waals surface area contributed by atoms with Crippen molar-refractivity contribution in [3.63, 3.8) is 0 Å². The molecular weight excluding hydrogens is 374 g/mol. The molecule has 0 saturated carbocycles. The van der Waals surface area contributed by atoms with Crippen molar-refractivity contribution in [1.82, 2.24) is 24.9 Å². The normalized spacial score (nSPS) is 10.9. The predicted molar refractivity (Wildman–Crippen MR) is 105 cm³/mol. The first-order chi connectivity index (χ1) is 14.1. The topological polar surface area (TPSA) is 134 Å². The molecule has 3 heterocycles. The number of benzene rings is 1. The summed E-state index contributed by atoms with van der Waals surface area (Å²) in [5.74, 6) is -0.681. The van der Waals surface area contributed by atoms with Gasteiger partial charge in [0.1, 0.15) is 17.7 Å². The Morgan fingerprint density at radius 2 is 2.00 bits per heavy atom. The molecule has 0 amide bonds. The van der Waals surface area contributed by atoms with Gasteiger partial charge in [0.2, 0.25) is 0 Å². The second-order valence-corrected chi connectivity index (χ2v) is 6.33. The number of esters is 1. The molecule has 0 spiro atoms. The van der Waals surface area contributed by atoms with E-state index in [1.807, 2.05) is 24.3 Å². The van der Waals surface area contributed by atoms with Gasteiger partial charge in [-0.15, -0.1) is 0 Å². The van der Waals surface area contributed by atoms with Gasteiger partial charge in [0.15, 0.2) is 5.78 Å². The van der Waals surface area contributed by atoms with Gasteiger partial charge in [0.25, 0.3) is 0 Å². The van der Waals surface area contributed by atoms with E-state index in [1.165, 1.54) is 12.5 Å². The number of nitrogens with zero attached hydrogens (tertiary/aromatic N) is 2. The van der Waals surface area contributed by atoms with Crippen LogP contribution in [0.25, 0.3) is 22.3 Å². The molecule has 4 aromatic rings. The second-order valence-electron chi connectivity index (χ2n) is 6.33. The Morgan fingerprint density at radius 3 is 2.76 bits per heavy atom. The Hall–Kier alpha value is -4.01. The van der Waals surface area contributed by atoms with Crippen LogP contribution in [0.5, 0.6) is 0 Å². The quantitative estimate of drug-likeness (QED) is 0.341. The van der Waals surface area contributed by atoms with Crippen molar-refractivity contribution in [2.24, 2.45) is 0 Å². The fourth-order valence-corrected chi connectivity index (χ4v) is 3.14. The van der Waals surface area contributed by atoms with Crippen LogP contribution in [0.2, 0.25) is 0 Å². The first-order valence-electron chi connectivity index (χ1n) is 8.96. The lowest BCUT2D eigenvalue weighted by molar-refractivity contribution is 0.0528. The molecular formula is C20H17N5O4. The molecule has 0 bridgehead atoms. The summed E-state index contributed by atoms with van der Waals surface area (Å²) in [5.41, 5.74) is 2.70. The maximum absolute atomic E-state index is 12.4. The highest BCUT2D eigenvalue weighted by atomic mass is 16.5. The van der Waals surface area contributed by atoms with Crippen molar-refractivity contribution >= 4 is 22.8 Å². The fraction of sp³-hybridized carbons (Fsp3) is 0.150. The zero-order valence-electron chi connectivity index (χ0n) is 15.5. The summed E-state index contributed by atoms with van der Waals surface area (Å²) in [5, 5.41) is 0.560. The largest absolute Gasteiger partial charge is 0.462 e. The van der Waals surface area contributed by atoms with Crippen LogP contribution >= 0.6 is 0 Å². The summed E-state index contributed by atoms with van der Waals surface area (Å²) >= 11 is 0. The summed E-state index contributed by atoms with van der Waals surface area (Å²) in [4.78, 5) is 52.3. The van der Waals surface area contributed by atoms with Crippen molar-refractivity contribution in [2.75, 3.05) is 6.61 Å². The third-order valence-corrected chi connectivity index (χ3v) is 4.43. The highest BCUT2D eigenvalue weighted by Crippen LogP contribution is 2.29. The number of hydrogen-bond donors (Lipinski definition) is 3. The van der Waals surface area contributed by atoms with E-state index in [0.717, 1.165) is 11.1 Å². The molecule has 0 aliphatic rings. The van der Waals surface area contributed by atoms with Crippen LogP contribution in [0.4, 0.5) is 0 Å². The van der Waals surface area contributed by atoms with Gasteiger partial charge in [0, 0.05) is 24.4 Å². The second kappa shape index (κ2) is 7.55. The minimum atomic E-state index is -0.461. The average molecular weight is 391 g/mol. The van der Waals surface area contributed by atoms with Gasteiger partial charge < -0.3 is 19.7 Å². The molecule has 0 unspecified atom stereocenters. The third kappa shape index (κ3) is 3.57. The van der Waals surface area contributed by atoms with E-state index in [1.54, 1.807) is 13.1 Å². The maximum atomic E-state index is 12.4. The highest BCUT2D eigenvalue weighted by Gasteiger charge is 2.19. The SMILES string of the molecule is CCOC(=O)c1c[nH]c2ncnc(-c3cccc(CC(=O)c4c[nH]c(=O)[nH]4)c3)c12. The fourth-order valence-electron chi connectivity index (χ4n) is 3.14. The number of fused-ring (bicyclic) bond motifs is 1. The smallest absolute Gasteiger partial charge is 0.340 e. The molecule has 3 N–H and O–H groups in total. The van der Waals surface area contributed by atoms with Crippen LogP contribution in [0, 0.1) is 0 Å². The molecule has 146 valence electrons. The number of aromatic nitrogens is 5. The molecule has 9 nitrogen and oxygen atoms in total.